The van der Waals surface area contributed by atoms with Gasteiger partial charge in [0.15, 0.2) is 0 Å². The Labute approximate surface area is 203 Å². The standard InChI is InChI=1S/C33H29N/c1-22-10-12-25(13-11-22)14-15-26-7-5-9-29-20-31(27-16-17-30(21-34)24(3)19-27)33(32(26)29)28-8-4-6-23(2)18-28/h4-19,31,33H,20H2,1-3H3/b15-14+. The molecule has 0 radical (unpaired) electrons. The topological polar surface area (TPSA) is 23.8 Å². The highest BCUT2D eigenvalue weighted by atomic mass is 14.4. The molecule has 0 spiro atoms. The van der Waals surface area contributed by atoms with Crippen LogP contribution < -0.4 is 0 Å². The zero-order valence-corrected chi connectivity index (χ0v) is 20.0. The molecule has 34 heavy (non-hydrogen) atoms. The van der Waals surface area contributed by atoms with Gasteiger partial charge in [0.05, 0.1) is 11.6 Å². The van der Waals surface area contributed by atoms with Crippen LogP contribution in [0.15, 0.2) is 84.9 Å². The number of fused-ring (bicyclic) bond motifs is 1. The van der Waals surface area contributed by atoms with Crippen LogP contribution in [0, 0.1) is 32.1 Å². The van der Waals surface area contributed by atoms with E-state index >= 15 is 0 Å². The SMILES string of the molecule is Cc1ccc(/C=C/c2cccc3c2C(c2cccc(C)c2)C(c2ccc(C#N)c(C)c2)C3)cc1. The van der Waals surface area contributed by atoms with Crippen LogP contribution in [0.25, 0.3) is 12.2 Å². The van der Waals surface area contributed by atoms with Crippen molar-refractivity contribution < 1.29 is 0 Å². The molecule has 4 aromatic carbocycles. The lowest BCUT2D eigenvalue weighted by Crippen LogP contribution is -2.09. The van der Waals surface area contributed by atoms with Gasteiger partial charge in [-0.05, 0) is 78.1 Å². The van der Waals surface area contributed by atoms with E-state index in [1.165, 1.54) is 44.5 Å². The van der Waals surface area contributed by atoms with Gasteiger partial charge in [0.1, 0.15) is 0 Å². The van der Waals surface area contributed by atoms with Crippen molar-refractivity contribution in [3.63, 3.8) is 0 Å². The summed E-state index contributed by atoms with van der Waals surface area (Å²) in [7, 11) is 0. The van der Waals surface area contributed by atoms with E-state index in [2.05, 4.69) is 111 Å². The van der Waals surface area contributed by atoms with Gasteiger partial charge >= 0.3 is 0 Å². The smallest absolute Gasteiger partial charge is 0.0994 e. The highest BCUT2D eigenvalue weighted by molar-refractivity contribution is 5.73. The third kappa shape index (κ3) is 4.20. The predicted octanol–water partition coefficient (Wildman–Crippen LogP) is 8.13. The molecule has 0 fully saturated rings. The number of benzene rings is 4. The summed E-state index contributed by atoms with van der Waals surface area (Å²) in [5, 5.41) is 9.42. The lowest BCUT2D eigenvalue weighted by molar-refractivity contribution is 0.655. The Bertz CT molecular complexity index is 1420. The summed E-state index contributed by atoms with van der Waals surface area (Å²) in [5.74, 6) is 0.623. The molecule has 1 heteroatoms. The van der Waals surface area contributed by atoms with Gasteiger partial charge in [-0.3, -0.25) is 0 Å². The van der Waals surface area contributed by atoms with Gasteiger partial charge in [-0.2, -0.15) is 5.26 Å². The minimum Gasteiger partial charge on any atom is -0.192 e. The number of nitrogens with zero attached hydrogens (tertiary/aromatic N) is 1. The highest BCUT2D eigenvalue weighted by Gasteiger charge is 2.36. The Balaban J connectivity index is 1.62. The third-order valence-corrected chi connectivity index (χ3v) is 7.12. The van der Waals surface area contributed by atoms with E-state index in [-0.39, 0.29) is 5.92 Å². The van der Waals surface area contributed by atoms with Gasteiger partial charge in [0.2, 0.25) is 0 Å². The molecule has 0 N–H and O–H groups in total. The van der Waals surface area contributed by atoms with Crippen LogP contribution in [0.2, 0.25) is 0 Å². The Morgan fingerprint density at radius 1 is 0.765 bits per heavy atom. The number of hydrogen-bond donors (Lipinski definition) is 0. The van der Waals surface area contributed by atoms with E-state index in [1.54, 1.807) is 0 Å². The van der Waals surface area contributed by atoms with Gasteiger partial charge in [0, 0.05) is 5.92 Å². The summed E-state index contributed by atoms with van der Waals surface area (Å²) < 4.78 is 0. The van der Waals surface area contributed by atoms with Crippen LogP contribution in [-0.4, -0.2) is 0 Å². The van der Waals surface area contributed by atoms with E-state index in [9.17, 15) is 5.26 Å². The molecule has 1 aliphatic rings. The summed E-state index contributed by atoms with van der Waals surface area (Å²) in [4.78, 5) is 0. The van der Waals surface area contributed by atoms with Crippen molar-refractivity contribution in [1.82, 2.24) is 0 Å². The number of hydrogen-bond acceptors (Lipinski definition) is 1. The van der Waals surface area contributed by atoms with Gasteiger partial charge in [0.25, 0.3) is 0 Å². The Kier molecular flexibility index (Phi) is 5.91. The van der Waals surface area contributed by atoms with Gasteiger partial charge in [-0.25, -0.2) is 0 Å². The maximum absolute atomic E-state index is 9.42. The first kappa shape index (κ1) is 21.9. The van der Waals surface area contributed by atoms with Crippen molar-refractivity contribution in [2.24, 2.45) is 0 Å². The Morgan fingerprint density at radius 3 is 2.29 bits per heavy atom. The third-order valence-electron chi connectivity index (χ3n) is 7.12. The molecule has 1 aliphatic carbocycles. The number of rotatable bonds is 4. The maximum Gasteiger partial charge on any atom is 0.0994 e. The lowest BCUT2D eigenvalue weighted by Gasteiger charge is -2.24. The highest BCUT2D eigenvalue weighted by Crippen LogP contribution is 2.49. The molecule has 2 atom stereocenters. The molecule has 5 rings (SSSR count). The van der Waals surface area contributed by atoms with Crippen LogP contribution in [0.5, 0.6) is 0 Å². The molecular weight excluding hydrogens is 410 g/mol. The van der Waals surface area contributed by atoms with E-state index in [4.69, 9.17) is 0 Å². The molecular formula is C33H29N. The molecule has 0 saturated heterocycles. The second-order valence-electron chi connectivity index (χ2n) is 9.55. The first-order valence-electron chi connectivity index (χ1n) is 12.0. The van der Waals surface area contributed by atoms with E-state index in [0.29, 0.717) is 5.92 Å². The van der Waals surface area contributed by atoms with Gasteiger partial charge in [-0.15, -0.1) is 0 Å². The molecule has 0 bridgehead atoms. The second kappa shape index (κ2) is 9.16. The lowest BCUT2D eigenvalue weighted by atomic mass is 9.79. The fourth-order valence-corrected chi connectivity index (χ4v) is 5.37. The summed E-state index contributed by atoms with van der Waals surface area (Å²) >= 11 is 0. The Morgan fingerprint density at radius 2 is 1.56 bits per heavy atom. The molecule has 0 heterocycles. The van der Waals surface area contributed by atoms with Crippen LogP contribution in [0.4, 0.5) is 0 Å². The molecule has 2 unspecified atom stereocenters. The van der Waals surface area contributed by atoms with Crippen LogP contribution in [0.1, 0.15) is 67.5 Å². The predicted molar refractivity (Wildman–Crippen MR) is 142 cm³/mol. The molecule has 166 valence electrons. The maximum atomic E-state index is 9.42. The second-order valence-corrected chi connectivity index (χ2v) is 9.55. The molecule has 0 aromatic heterocycles. The van der Waals surface area contributed by atoms with E-state index in [0.717, 1.165) is 17.5 Å². The average molecular weight is 440 g/mol. The van der Waals surface area contributed by atoms with Crippen LogP contribution in [-0.2, 0) is 6.42 Å². The van der Waals surface area contributed by atoms with E-state index < -0.39 is 0 Å². The fourth-order valence-electron chi connectivity index (χ4n) is 5.37. The van der Waals surface area contributed by atoms with E-state index in [1.807, 2.05) is 13.0 Å². The molecule has 0 saturated carbocycles. The average Bonchev–Trinajstić information content (AvgIpc) is 3.24. The first-order chi connectivity index (χ1) is 16.5. The molecule has 4 aromatic rings. The quantitative estimate of drug-likeness (QED) is 0.294. The van der Waals surface area contributed by atoms with Crippen molar-refractivity contribution in [1.29, 1.82) is 5.26 Å². The summed E-state index contributed by atoms with van der Waals surface area (Å²) in [6.07, 6.45) is 5.51. The first-order valence-corrected chi connectivity index (χ1v) is 12.0. The number of aryl methyl sites for hydroxylation is 3. The zero-order valence-electron chi connectivity index (χ0n) is 20.0. The fraction of sp³-hybridized carbons (Fsp3) is 0.182. The van der Waals surface area contributed by atoms with Gasteiger partial charge in [-0.1, -0.05) is 102 Å². The van der Waals surface area contributed by atoms with Gasteiger partial charge < -0.3 is 0 Å². The van der Waals surface area contributed by atoms with Crippen LogP contribution in [0.3, 0.4) is 0 Å². The minimum atomic E-state index is 0.279. The molecule has 0 amide bonds. The van der Waals surface area contributed by atoms with Crippen molar-refractivity contribution in [3.05, 3.63) is 141 Å². The molecule has 1 nitrogen and oxygen atoms in total. The van der Waals surface area contributed by atoms with Crippen LogP contribution >= 0.6 is 0 Å². The Hall–Kier alpha value is -3.89. The van der Waals surface area contributed by atoms with Crippen molar-refractivity contribution in [2.45, 2.75) is 39.0 Å². The summed E-state index contributed by atoms with van der Waals surface area (Å²) in [6, 6.07) is 33.0. The minimum absolute atomic E-state index is 0.279. The van der Waals surface area contributed by atoms with Crippen molar-refractivity contribution in [2.75, 3.05) is 0 Å². The normalized spacial score (nSPS) is 17.0. The zero-order chi connectivity index (χ0) is 23.7. The summed E-state index contributed by atoms with van der Waals surface area (Å²) in [5.41, 5.74) is 12.4. The van der Waals surface area contributed by atoms with Crippen molar-refractivity contribution in [3.8, 4) is 6.07 Å². The molecule has 0 aliphatic heterocycles. The number of nitriles is 1. The monoisotopic (exact) mass is 439 g/mol. The summed E-state index contributed by atoms with van der Waals surface area (Å²) in [6.45, 7) is 6.33. The largest absolute Gasteiger partial charge is 0.192 e. The van der Waals surface area contributed by atoms with Crippen molar-refractivity contribution >= 4 is 12.2 Å².